The summed E-state index contributed by atoms with van der Waals surface area (Å²) in [5.74, 6) is -0.842. The van der Waals surface area contributed by atoms with Crippen LogP contribution in [-0.2, 0) is 0 Å². The van der Waals surface area contributed by atoms with Gasteiger partial charge in [0.25, 0.3) is 0 Å². The molecule has 1 aromatic rings. The van der Waals surface area contributed by atoms with E-state index < -0.39 is 12.0 Å². The number of rotatable bonds is 4. The fraction of sp³-hybridized carbons (Fsp3) is 0.429. The number of hydrogen-bond donors (Lipinski definition) is 4. The zero-order chi connectivity index (χ0) is 14.5. The molecule has 2 rings (SSSR count). The lowest BCUT2D eigenvalue weighted by molar-refractivity contribution is 0.0697. The van der Waals surface area contributed by atoms with E-state index in [1.54, 1.807) is 0 Å². The summed E-state index contributed by atoms with van der Waals surface area (Å²) in [4.78, 5) is 22.8. The number of aromatic carboxylic acids is 1. The largest absolute Gasteiger partial charge is 0.508 e. The van der Waals surface area contributed by atoms with Gasteiger partial charge in [-0.25, -0.2) is 9.59 Å². The van der Waals surface area contributed by atoms with E-state index in [2.05, 4.69) is 10.6 Å². The van der Waals surface area contributed by atoms with E-state index in [0.717, 1.165) is 18.9 Å². The van der Waals surface area contributed by atoms with Crippen LogP contribution in [0.4, 0.5) is 10.5 Å². The maximum Gasteiger partial charge on any atom is 0.337 e. The number of carbonyl (C=O) groups is 2. The van der Waals surface area contributed by atoms with Gasteiger partial charge in [-0.05, 0) is 37.0 Å². The number of nitrogens with one attached hydrogen (secondary N) is 2. The highest BCUT2D eigenvalue weighted by molar-refractivity contribution is 6.00. The summed E-state index contributed by atoms with van der Waals surface area (Å²) >= 11 is 0. The Labute approximate surface area is 116 Å². The molecule has 6 heteroatoms. The fourth-order valence-electron chi connectivity index (χ4n) is 2.44. The van der Waals surface area contributed by atoms with Crippen LogP contribution >= 0.6 is 0 Å². The second kappa shape index (κ2) is 6.27. The van der Waals surface area contributed by atoms with Crippen molar-refractivity contribution in [3.8, 4) is 5.75 Å². The molecule has 1 aliphatic carbocycles. The molecule has 0 aliphatic heterocycles. The van der Waals surface area contributed by atoms with Crippen molar-refractivity contribution < 1.29 is 19.8 Å². The summed E-state index contributed by atoms with van der Waals surface area (Å²) in [6.07, 6.45) is 4.66. The summed E-state index contributed by atoms with van der Waals surface area (Å²) in [5, 5.41) is 23.5. The van der Waals surface area contributed by atoms with Crippen molar-refractivity contribution in [1.29, 1.82) is 0 Å². The number of amides is 2. The van der Waals surface area contributed by atoms with E-state index in [4.69, 9.17) is 5.11 Å². The summed E-state index contributed by atoms with van der Waals surface area (Å²) in [5.41, 5.74) is 0.0280. The normalized spacial score (nSPS) is 15.0. The average Bonchev–Trinajstić information content (AvgIpc) is 2.91. The van der Waals surface area contributed by atoms with Crippen LogP contribution in [0.1, 0.15) is 36.0 Å². The number of aromatic hydroxyl groups is 1. The van der Waals surface area contributed by atoms with Crippen LogP contribution in [-0.4, -0.2) is 28.8 Å². The third-order valence-corrected chi connectivity index (χ3v) is 3.51. The lowest BCUT2D eigenvalue weighted by Crippen LogP contribution is -2.32. The lowest BCUT2D eigenvalue weighted by Gasteiger charge is -2.13. The Morgan fingerprint density at radius 2 is 1.95 bits per heavy atom. The summed E-state index contributed by atoms with van der Waals surface area (Å²) < 4.78 is 0. The highest BCUT2D eigenvalue weighted by Gasteiger charge is 2.17. The Balaban J connectivity index is 1.94. The standard InChI is InChI=1S/C14H18N2O4/c17-10-5-6-12(11(7-10)13(18)19)16-14(20)15-8-9-3-1-2-4-9/h5-7,9,17H,1-4,8H2,(H,18,19)(H2,15,16,20). The van der Waals surface area contributed by atoms with Crippen molar-refractivity contribution in [2.24, 2.45) is 5.92 Å². The number of carboxylic acids is 1. The lowest BCUT2D eigenvalue weighted by atomic mass is 10.1. The van der Waals surface area contributed by atoms with Gasteiger partial charge in [-0.15, -0.1) is 0 Å². The Hall–Kier alpha value is -2.24. The Morgan fingerprint density at radius 3 is 2.60 bits per heavy atom. The predicted octanol–water partition coefficient (Wildman–Crippen LogP) is 2.40. The maximum atomic E-state index is 11.8. The first kappa shape index (κ1) is 14.2. The molecule has 0 spiro atoms. The molecule has 0 heterocycles. The molecule has 2 amide bonds. The van der Waals surface area contributed by atoms with E-state index in [1.807, 2.05) is 0 Å². The van der Waals surface area contributed by atoms with E-state index in [9.17, 15) is 14.7 Å². The monoisotopic (exact) mass is 278 g/mol. The van der Waals surface area contributed by atoms with Gasteiger partial charge in [0.2, 0.25) is 0 Å². The molecule has 0 atom stereocenters. The molecule has 1 aliphatic rings. The van der Waals surface area contributed by atoms with Crippen molar-refractivity contribution in [2.45, 2.75) is 25.7 Å². The van der Waals surface area contributed by atoms with Gasteiger partial charge in [0.1, 0.15) is 5.75 Å². The average molecular weight is 278 g/mol. The number of benzene rings is 1. The minimum atomic E-state index is -1.20. The molecule has 4 N–H and O–H groups in total. The van der Waals surface area contributed by atoms with E-state index >= 15 is 0 Å². The van der Waals surface area contributed by atoms with Crippen LogP contribution in [0.2, 0.25) is 0 Å². The smallest absolute Gasteiger partial charge is 0.337 e. The molecule has 6 nitrogen and oxygen atoms in total. The van der Waals surface area contributed by atoms with Crippen molar-refractivity contribution in [3.63, 3.8) is 0 Å². The van der Waals surface area contributed by atoms with Gasteiger partial charge in [-0.1, -0.05) is 12.8 Å². The molecule has 0 unspecified atom stereocenters. The highest BCUT2D eigenvalue weighted by Crippen LogP contribution is 2.24. The van der Waals surface area contributed by atoms with Crippen LogP contribution < -0.4 is 10.6 Å². The maximum absolute atomic E-state index is 11.8. The van der Waals surface area contributed by atoms with E-state index in [1.165, 1.54) is 25.0 Å². The molecule has 0 saturated heterocycles. The number of phenolic OH excluding ortho intramolecular Hbond substituents is 1. The minimum absolute atomic E-state index is 0.138. The minimum Gasteiger partial charge on any atom is -0.508 e. The molecule has 1 aromatic carbocycles. The zero-order valence-corrected chi connectivity index (χ0v) is 11.1. The van der Waals surface area contributed by atoms with Gasteiger partial charge in [-0.3, -0.25) is 0 Å². The Kier molecular flexibility index (Phi) is 4.45. The van der Waals surface area contributed by atoms with Crippen LogP contribution in [0.25, 0.3) is 0 Å². The molecule has 0 radical (unpaired) electrons. The first-order valence-corrected chi connectivity index (χ1v) is 6.67. The number of carbonyl (C=O) groups excluding carboxylic acids is 1. The van der Waals surface area contributed by atoms with Crippen molar-refractivity contribution in [1.82, 2.24) is 5.32 Å². The SMILES string of the molecule is O=C(NCC1CCCC1)Nc1ccc(O)cc1C(=O)O. The van der Waals surface area contributed by atoms with E-state index in [0.29, 0.717) is 12.5 Å². The van der Waals surface area contributed by atoms with Gasteiger partial charge in [-0.2, -0.15) is 0 Å². The second-order valence-electron chi connectivity index (χ2n) is 5.02. The summed E-state index contributed by atoms with van der Waals surface area (Å²) in [6.45, 7) is 0.603. The van der Waals surface area contributed by atoms with Crippen molar-refractivity contribution in [3.05, 3.63) is 23.8 Å². The Morgan fingerprint density at radius 1 is 1.25 bits per heavy atom. The van der Waals surface area contributed by atoms with Crippen LogP contribution in [0.3, 0.4) is 0 Å². The number of hydrogen-bond acceptors (Lipinski definition) is 3. The summed E-state index contributed by atoms with van der Waals surface area (Å²) in [7, 11) is 0. The predicted molar refractivity (Wildman–Crippen MR) is 74.0 cm³/mol. The van der Waals surface area contributed by atoms with E-state index in [-0.39, 0.29) is 17.0 Å². The van der Waals surface area contributed by atoms with Gasteiger partial charge in [0.05, 0.1) is 11.3 Å². The van der Waals surface area contributed by atoms with Gasteiger partial charge < -0.3 is 20.8 Å². The first-order chi connectivity index (χ1) is 9.56. The van der Waals surface area contributed by atoms with Crippen molar-refractivity contribution >= 4 is 17.7 Å². The fourth-order valence-corrected chi connectivity index (χ4v) is 2.44. The molecular weight excluding hydrogens is 260 g/mol. The van der Waals surface area contributed by atoms with Crippen LogP contribution in [0.15, 0.2) is 18.2 Å². The zero-order valence-electron chi connectivity index (χ0n) is 11.1. The molecular formula is C14H18N2O4. The highest BCUT2D eigenvalue weighted by atomic mass is 16.4. The number of urea groups is 1. The summed E-state index contributed by atoms with van der Waals surface area (Å²) in [6, 6.07) is 3.38. The number of carboxylic acid groups (broad SMARTS) is 1. The second-order valence-corrected chi connectivity index (χ2v) is 5.02. The van der Waals surface area contributed by atoms with Gasteiger partial charge in [0.15, 0.2) is 0 Å². The first-order valence-electron chi connectivity index (χ1n) is 6.67. The molecule has 1 fully saturated rings. The third-order valence-electron chi connectivity index (χ3n) is 3.51. The number of anilines is 1. The number of phenols is 1. The van der Waals surface area contributed by atoms with Gasteiger partial charge in [0, 0.05) is 6.54 Å². The van der Waals surface area contributed by atoms with Crippen LogP contribution in [0.5, 0.6) is 5.75 Å². The molecule has 108 valence electrons. The molecule has 20 heavy (non-hydrogen) atoms. The van der Waals surface area contributed by atoms with Crippen molar-refractivity contribution in [2.75, 3.05) is 11.9 Å². The quantitative estimate of drug-likeness (QED) is 0.635. The molecule has 0 bridgehead atoms. The molecule has 0 aromatic heterocycles. The molecule has 1 saturated carbocycles. The topological polar surface area (TPSA) is 98.7 Å². The third kappa shape index (κ3) is 3.63. The van der Waals surface area contributed by atoms with Crippen LogP contribution in [0, 0.1) is 5.92 Å². The van der Waals surface area contributed by atoms with Gasteiger partial charge >= 0.3 is 12.0 Å². The Bertz CT molecular complexity index is 510.